The van der Waals surface area contributed by atoms with E-state index >= 15 is 0 Å². The molecule has 0 aromatic heterocycles. The molecule has 0 aliphatic rings. The summed E-state index contributed by atoms with van der Waals surface area (Å²) < 4.78 is 0. The van der Waals surface area contributed by atoms with Crippen LogP contribution in [0.4, 0.5) is 0 Å². The molecule has 0 spiro atoms. The van der Waals surface area contributed by atoms with Gasteiger partial charge in [0, 0.05) is 6.42 Å². The maximum atomic E-state index is 11.1. The SMILES string of the molecule is CCCCCCCCCCCCC(CCCCC(=O)O)c1cc(C(C)(C)C)c(O)c(C(C)(C)C)c1. The van der Waals surface area contributed by atoms with Gasteiger partial charge in [-0.25, -0.2) is 0 Å². The number of benzene rings is 1. The van der Waals surface area contributed by atoms with Gasteiger partial charge in [0.15, 0.2) is 0 Å². The second-order valence-corrected chi connectivity index (χ2v) is 12.8. The summed E-state index contributed by atoms with van der Waals surface area (Å²) in [6, 6.07) is 4.48. The van der Waals surface area contributed by atoms with Gasteiger partial charge in [0.25, 0.3) is 0 Å². The number of aliphatic carboxylic acids is 1. The van der Waals surface area contributed by atoms with Crippen LogP contribution in [-0.4, -0.2) is 16.2 Å². The van der Waals surface area contributed by atoms with E-state index in [1.165, 1.54) is 69.8 Å². The van der Waals surface area contributed by atoms with Crippen LogP contribution in [0.5, 0.6) is 5.75 Å². The summed E-state index contributed by atoms with van der Waals surface area (Å²) in [6.07, 6.45) is 17.4. The van der Waals surface area contributed by atoms with Crippen molar-refractivity contribution in [3.8, 4) is 5.75 Å². The summed E-state index contributed by atoms with van der Waals surface area (Å²) in [7, 11) is 0. The van der Waals surface area contributed by atoms with Crippen molar-refractivity contribution in [1.82, 2.24) is 0 Å². The van der Waals surface area contributed by atoms with Crippen molar-refractivity contribution >= 4 is 5.97 Å². The molecule has 0 amide bonds. The zero-order valence-electron chi connectivity index (χ0n) is 24.1. The number of unbranched alkanes of at least 4 members (excludes halogenated alkanes) is 10. The second-order valence-electron chi connectivity index (χ2n) is 12.8. The molecule has 1 rings (SSSR count). The second kappa shape index (κ2) is 15.6. The Balaban J connectivity index is 2.88. The zero-order valence-corrected chi connectivity index (χ0v) is 24.1. The topological polar surface area (TPSA) is 57.5 Å². The van der Waals surface area contributed by atoms with Gasteiger partial charge in [-0.2, -0.15) is 0 Å². The average molecular weight is 489 g/mol. The maximum absolute atomic E-state index is 11.1. The van der Waals surface area contributed by atoms with Crippen LogP contribution in [0.3, 0.4) is 0 Å². The molecule has 1 aromatic rings. The number of carboxylic acids is 1. The van der Waals surface area contributed by atoms with E-state index in [4.69, 9.17) is 5.11 Å². The summed E-state index contributed by atoms with van der Waals surface area (Å²) in [5.41, 5.74) is 3.11. The van der Waals surface area contributed by atoms with Crippen LogP contribution in [0.25, 0.3) is 0 Å². The fourth-order valence-electron chi connectivity index (χ4n) is 5.06. The Morgan fingerprint density at radius 3 is 1.51 bits per heavy atom. The molecule has 1 aromatic carbocycles. The average Bonchev–Trinajstić information content (AvgIpc) is 2.75. The minimum absolute atomic E-state index is 0.134. The number of phenolic OH excluding ortho intramolecular Hbond substituents is 1. The highest BCUT2D eigenvalue weighted by Crippen LogP contribution is 2.42. The lowest BCUT2D eigenvalue weighted by Crippen LogP contribution is -2.18. The first-order valence-corrected chi connectivity index (χ1v) is 14.5. The van der Waals surface area contributed by atoms with E-state index in [1.54, 1.807) is 0 Å². The van der Waals surface area contributed by atoms with Crippen molar-refractivity contribution < 1.29 is 15.0 Å². The zero-order chi connectivity index (χ0) is 26.5. The minimum atomic E-state index is -0.703. The van der Waals surface area contributed by atoms with Crippen LogP contribution in [0.15, 0.2) is 12.1 Å². The minimum Gasteiger partial charge on any atom is -0.507 e. The largest absolute Gasteiger partial charge is 0.507 e. The predicted octanol–water partition coefficient (Wildman–Crippen LogP) is 10.0. The Kier molecular flexibility index (Phi) is 14.0. The van der Waals surface area contributed by atoms with Crippen molar-refractivity contribution in [2.45, 2.75) is 162 Å². The Labute approximate surface area is 217 Å². The Bertz CT molecular complexity index is 701. The molecular weight excluding hydrogens is 432 g/mol. The first-order valence-electron chi connectivity index (χ1n) is 14.5. The van der Waals surface area contributed by atoms with Crippen LogP contribution in [0.1, 0.15) is 167 Å². The molecule has 0 saturated heterocycles. The smallest absolute Gasteiger partial charge is 0.303 e. The monoisotopic (exact) mass is 488 g/mol. The highest BCUT2D eigenvalue weighted by Gasteiger charge is 2.28. The number of phenols is 1. The van der Waals surface area contributed by atoms with Gasteiger partial charge in [0.2, 0.25) is 0 Å². The molecule has 0 saturated carbocycles. The lowest BCUT2D eigenvalue weighted by Gasteiger charge is -2.30. The molecule has 3 heteroatoms. The standard InChI is InChI=1S/C32H56O3/c1-8-9-10-11-12-13-14-15-16-17-20-25(21-18-19-22-29(33)34)26-23-27(31(2,3)4)30(35)28(24-26)32(5,6)7/h23-25,35H,8-22H2,1-7H3,(H,33,34). The van der Waals surface area contributed by atoms with Gasteiger partial charge in [-0.1, -0.05) is 131 Å². The van der Waals surface area contributed by atoms with Gasteiger partial charge in [-0.05, 0) is 52.7 Å². The highest BCUT2D eigenvalue weighted by molar-refractivity contribution is 5.66. The molecular formula is C32H56O3. The number of carboxylic acid groups (broad SMARTS) is 1. The first-order chi connectivity index (χ1) is 16.4. The van der Waals surface area contributed by atoms with Crippen LogP contribution in [0.2, 0.25) is 0 Å². The van der Waals surface area contributed by atoms with Gasteiger partial charge in [-0.15, -0.1) is 0 Å². The Morgan fingerprint density at radius 2 is 1.11 bits per heavy atom. The van der Waals surface area contributed by atoms with Crippen molar-refractivity contribution in [3.63, 3.8) is 0 Å². The van der Waals surface area contributed by atoms with Gasteiger partial charge in [0.05, 0.1) is 0 Å². The normalized spacial score (nSPS) is 13.2. The third-order valence-electron chi connectivity index (χ3n) is 7.32. The molecule has 0 radical (unpaired) electrons. The highest BCUT2D eigenvalue weighted by atomic mass is 16.4. The van der Waals surface area contributed by atoms with E-state index < -0.39 is 5.97 Å². The van der Waals surface area contributed by atoms with Crippen molar-refractivity contribution in [2.24, 2.45) is 0 Å². The van der Waals surface area contributed by atoms with Crippen molar-refractivity contribution in [2.75, 3.05) is 0 Å². The third kappa shape index (κ3) is 12.3. The third-order valence-corrected chi connectivity index (χ3v) is 7.32. The van der Waals surface area contributed by atoms with Gasteiger partial charge >= 0.3 is 5.97 Å². The van der Waals surface area contributed by atoms with E-state index in [0.717, 1.165) is 36.8 Å². The molecule has 0 bridgehead atoms. The molecule has 0 fully saturated rings. The van der Waals surface area contributed by atoms with Gasteiger partial charge < -0.3 is 10.2 Å². The number of rotatable bonds is 17. The fraction of sp³-hybridized carbons (Fsp3) is 0.781. The van der Waals surface area contributed by atoms with Crippen molar-refractivity contribution in [1.29, 1.82) is 0 Å². The van der Waals surface area contributed by atoms with Crippen LogP contribution < -0.4 is 0 Å². The predicted molar refractivity (Wildman–Crippen MR) is 151 cm³/mol. The van der Waals surface area contributed by atoms with Gasteiger partial charge in [-0.3, -0.25) is 4.79 Å². The number of carbonyl (C=O) groups is 1. The Hall–Kier alpha value is -1.51. The lowest BCUT2D eigenvalue weighted by molar-refractivity contribution is -0.137. The van der Waals surface area contributed by atoms with E-state index in [9.17, 15) is 9.90 Å². The van der Waals surface area contributed by atoms with Crippen LogP contribution >= 0.6 is 0 Å². The summed E-state index contributed by atoms with van der Waals surface area (Å²) in [6.45, 7) is 15.3. The molecule has 0 aliphatic heterocycles. The van der Waals surface area contributed by atoms with Gasteiger partial charge in [0.1, 0.15) is 5.75 Å². The lowest BCUT2D eigenvalue weighted by atomic mass is 9.76. The molecule has 1 atom stereocenters. The summed E-state index contributed by atoms with van der Waals surface area (Å²) in [5.74, 6) is 0.156. The van der Waals surface area contributed by atoms with Crippen molar-refractivity contribution in [3.05, 3.63) is 28.8 Å². The Morgan fingerprint density at radius 1 is 0.714 bits per heavy atom. The molecule has 1 unspecified atom stereocenters. The first kappa shape index (κ1) is 31.5. The molecule has 202 valence electrons. The number of hydrogen-bond donors (Lipinski definition) is 2. The maximum Gasteiger partial charge on any atom is 0.303 e. The number of aromatic hydroxyl groups is 1. The summed E-state index contributed by atoms with van der Waals surface area (Å²) >= 11 is 0. The fourth-order valence-corrected chi connectivity index (χ4v) is 5.06. The molecule has 2 N–H and O–H groups in total. The van der Waals surface area contributed by atoms with Crippen LogP contribution in [0, 0.1) is 0 Å². The molecule has 35 heavy (non-hydrogen) atoms. The van der Waals surface area contributed by atoms with E-state index in [2.05, 4.69) is 60.6 Å². The van der Waals surface area contributed by atoms with E-state index in [-0.39, 0.29) is 17.3 Å². The van der Waals surface area contributed by atoms with E-state index in [1.807, 2.05) is 0 Å². The summed E-state index contributed by atoms with van der Waals surface area (Å²) in [5, 5.41) is 20.2. The van der Waals surface area contributed by atoms with Crippen LogP contribution in [-0.2, 0) is 15.6 Å². The summed E-state index contributed by atoms with van der Waals surface area (Å²) in [4.78, 5) is 11.0. The molecule has 3 nitrogen and oxygen atoms in total. The quantitative estimate of drug-likeness (QED) is 0.214. The van der Waals surface area contributed by atoms with E-state index in [0.29, 0.717) is 11.7 Å². The number of hydrogen-bond acceptors (Lipinski definition) is 2. The molecule has 0 heterocycles. The molecule has 0 aliphatic carbocycles.